The first-order chi connectivity index (χ1) is 8.76. The summed E-state index contributed by atoms with van der Waals surface area (Å²) in [5.74, 6) is 6.13. The summed E-state index contributed by atoms with van der Waals surface area (Å²) in [6.07, 6.45) is 2.43. The lowest BCUT2D eigenvalue weighted by molar-refractivity contribution is 0.0893. The molecule has 0 aromatic heterocycles. The van der Waals surface area contributed by atoms with E-state index in [1.54, 1.807) is 0 Å². The van der Waals surface area contributed by atoms with Crippen molar-refractivity contribution in [2.24, 2.45) is 5.92 Å². The molecule has 1 rings (SSSR count). The Hall–Kier alpha value is -1.30. The third-order valence-electron chi connectivity index (χ3n) is 2.72. The molecule has 1 aromatic rings. The minimum Gasteiger partial charge on any atom is -0.384 e. The van der Waals surface area contributed by atoms with Crippen molar-refractivity contribution in [3.63, 3.8) is 0 Å². The van der Waals surface area contributed by atoms with Crippen LogP contribution >= 0.6 is 0 Å². The van der Waals surface area contributed by atoms with Crippen molar-refractivity contribution >= 4 is 0 Å². The Bertz CT molecular complexity index is 384. The first-order valence-corrected chi connectivity index (χ1v) is 6.52. The van der Waals surface area contributed by atoms with Crippen LogP contribution in [0.2, 0.25) is 0 Å². The highest BCUT2D eigenvalue weighted by atomic mass is 16.5. The largest absolute Gasteiger partial charge is 0.384 e. The maximum absolute atomic E-state index is 8.60. The Morgan fingerprint density at radius 1 is 1.28 bits per heavy atom. The SMILES string of the molecule is CCCC(C)COCc1ccc(C#CCO)cc1. The summed E-state index contributed by atoms with van der Waals surface area (Å²) in [6.45, 7) is 5.79. The molecule has 0 radical (unpaired) electrons. The van der Waals surface area contributed by atoms with Crippen LogP contribution in [0.25, 0.3) is 0 Å². The van der Waals surface area contributed by atoms with Gasteiger partial charge in [0.05, 0.1) is 6.61 Å². The van der Waals surface area contributed by atoms with Crippen LogP contribution in [-0.4, -0.2) is 18.3 Å². The monoisotopic (exact) mass is 246 g/mol. The Kier molecular flexibility index (Phi) is 7.17. The molecule has 0 spiro atoms. The second kappa shape index (κ2) is 8.74. The van der Waals surface area contributed by atoms with Gasteiger partial charge in [-0.3, -0.25) is 0 Å². The summed E-state index contributed by atoms with van der Waals surface area (Å²) in [4.78, 5) is 0. The van der Waals surface area contributed by atoms with Gasteiger partial charge in [-0.05, 0) is 30.0 Å². The van der Waals surface area contributed by atoms with Crippen LogP contribution in [0.4, 0.5) is 0 Å². The molecule has 18 heavy (non-hydrogen) atoms. The normalized spacial score (nSPS) is 11.7. The lowest BCUT2D eigenvalue weighted by Gasteiger charge is -2.10. The molecule has 2 nitrogen and oxygen atoms in total. The van der Waals surface area contributed by atoms with E-state index in [9.17, 15) is 0 Å². The fourth-order valence-electron chi connectivity index (χ4n) is 1.78. The second-order valence-electron chi connectivity index (χ2n) is 4.57. The lowest BCUT2D eigenvalue weighted by Crippen LogP contribution is -2.05. The van der Waals surface area contributed by atoms with Crippen molar-refractivity contribution in [2.75, 3.05) is 13.2 Å². The van der Waals surface area contributed by atoms with Crippen molar-refractivity contribution < 1.29 is 9.84 Å². The molecule has 1 N–H and O–H groups in total. The molecule has 0 aliphatic rings. The number of hydrogen-bond acceptors (Lipinski definition) is 2. The molecule has 1 atom stereocenters. The van der Waals surface area contributed by atoms with E-state index in [2.05, 4.69) is 25.7 Å². The molecule has 0 heterocycles. The Morgan fingerprint density at radius 3 is 2.61 bits per heavy atom. The van der Waals surface area contributed by atoms with E-state index in [1.807, 2.05) is 24.3 Å². The molecule has 1 unspecified atom stereocenters. The van der Waals surface area contributed by atoms with Crippen LogP contribution in [0.1, 0.15) is 37.8 Å². The molecule has 1 aromatic carbocycles. The van der Waals surface area contributed by atoms with Gasteiger partial charge in [-0.25, -0.2) is 0 Å². The second-order valence-corrected chi connectivity index (χ2v) is 4.57. The van der Waals surface area contributed by atoms with E-state index in [1.165, 1.54) is 12.8 Å². The molecule has 0 saturated heterocycles. The zero-order chi connectivity index (χ0) is 13.2. The molecule has 98 valence electrons. The standard InChI is InChI=1S/C16H22O2/c1-3-5-14(2)12-18-13-16-9-7-15(8-10-16)6-4-11-17/h7-10,14,17H,3,5,11-13H2,1-2H3. The highest BCUT2D eigenvalue weighted by Crippen LogP contribution is 2.09. The van der Waals surface area contributed by atoms with Crippen LogP contribution in [0.3, 0.4) is 0 Å². The van der Waals surface area contributed by atoms with Gasteiger partial charge in [0.1, 0.15) is 6.61 Å². The molecule has 0 fully saturated rings. The fraction of sp³-hybridized carbons (Fsp3) is 0.500. The third-order valence-corrected chi connectivity index (χ3v) is 2.72. The lowest BCUT2D eigenvalue weighted by atomic mass is 10.1. The van der Waals surface area contributed by atoms with E-state index >= 15 is 0 Å². The Morgan fingerprint density at radius 2 is 2.00 bits per heavy atom. The molecule has 0 bridgehead atoms. The molecule has 2 heteroatoms. The van der Waals surface area contributed by atoms with Crippen LogP contribution in [-0.2, 0) is 11.3 Å². The average molecular weight is 246 g/mol. The van der Waals surface area contributed by atoms with E-state index in [4.69, 9.17) is 9.84 Å². The zero-order valence-electron chi connectivity index (χ0n) is 11.3. The van der Waals surface area contributed by atoms with E-state index in [0.29, 0.717) is 12.5 Å². The van der Waals surface area contributed by atoms with Gasteiger partial charge in [0.25, 0.3) is 0 Å². The van der Waals surface area contributed by atoms with Gasteiger partial charge in [-0.15, -0.1) is 0 Å². The average Bonchev–Trinajstić information content (AvgIpc) is 2.38. The van der Waals surface area contributed by atoms with Crippen LogP contribution in [0, 0.1) is 17.8 Å². The molecule has 0 aliphatic heterocycles. The van der Waals surface area contributed by atoms with E-state index < -0.39 is 0 Å². The number of aliphatic hydroxyl groups is 1. The summed E-state index contributed by atoms with van der Waals surface area (Å²) in [7, 11) is 0. The van der Waals surface area contributed by atoms with Gasteiger partial charge in [0, 0.05) is 12.2 Å². The van der Waals surface area contributed by atoms with Crippen molar-refractivity contribution in [3.05, 3.63) is 35.4 Å². The summed E-state index contributed by atoms with van der Waals surface area (Å²) >= 11 is 0. The van der Waals surface area contributed by atoms with Crippen molar-refractivity contribution in [2.45, 2.75) is 33.3 Å². The number of aliphatic hydroxyl groups excluding tert-OH is 1. The number of ether oxygens (including phenoxy) is 1. The van der Waals surface area contributed by atoms with E-state index in [-0.39, 0.29) is 6.61 Å². The highest BCUT2D eigenvalue weighted by molar-refractivity contribution is 5.35. The Labute approximate surface area is 110 Å². The minimum absolute atomic E-state index is 0.0970. The minimum atomic E-state index is -0.0970. The first-order valence-electron chi connectivity index (χ1n) is 6.52. The highest BCUT2D eigenvalue weighted by Gasteiger charge is 2.00. The molecular weight excluding hydrogens is 224 g/mol. The molecule has 0 amide bonds. The maximum Gasteiger partial charge on any atom is 0.104 e. The number of benzene rings is 1. The van der Waals surface area contributed by atoms with Crippen molar-refractivity contribution in [1.29, 1.82) is 0 Å². The van der Waals surface area contributed by atoms with Crippen LogP contribution in [0.15, 0.2) is 24.3 Å². The predicted molar refractivity (Wildman–Crippen MR) is 74.1 cm³/mol. The van der Waals surface area contributed by atoms with Gasteiger partial charge in [0.15, 0.2) is 0 Å². The van der Waals surface area contributed by atoms with Crippen LogP contribution in [0.5, 0.6) is 0 Å². The van der Waals surface area contributed by atoms with Crippen molar-refractivity contribution in [1.82, 2.24) is 0 Å². The first kappa shape index (κ1) is 14.8. The van der Waals surface area contributed by atoms with Gasteiger partial charge in [-0.2, -0.15) is 0 Å². The Balaban J connectivity index is 2.35. The molecule has 0 saturated carbocycles. The summed E-state index contributed by atoms with van der Waals surface area (Å²) < 4.78 is 5.68. The summed E-state index contributed by atoms with van der Waals surface area (Å²) in [6, 6.07) is 7.95. The smallest absolute Gasteiger partial charge is 0.104 e. The van der Waals surface area contributed by atoms with Gasteiger partial charge >= 0.3 is 0 Å². The fourth-order valence-corrected chi connectivity index (χ4v) is 1.78. The topological polar surface area (TPSA) is 29.5 Å². The zero-order valence-corrected chi connectivity index (χ0v) is 11.3. The molecule has 0 aliphatic carbocycles. The van der Waals surface area contributed by atoms with E-state index in [0.717, 1.165) is 17.7 Å². The summed E-state index contributed by atoms with van der Waals surface area (Å²) in [5, 5.41) is 8.60. The third kappa shape index (κ3) is 5.86. The number of rotatable bonds is 6. The maximum atomic E-state index is 8.60. The molecular formula is C16H22O2. The quantitative estimate of drug-likeness (QED) is 0.782. The number of hydrogen-bond donors (Lipinski definition) is 1. The van der Waals surface area contributed by atoms with Gasteiger partial charge in [0.2, 0.25) is 0 Å². The van der Waals surface area contributed by atoms with Gasteiger partial charge in [-0.1, -0.05) is 44.2 Å². The summed E-state index contributed by atoms with van der Waals surface area (Å²) in [5.41, 5.74) is 2.08. The predicted octanol–water partition coefficient (Wildman–Crippen LogP) is 2.98. The van der Waals surface area contributed by atoms with Gasteiger partial charge < -0.3 is 9.84 Å². The van der Waals surface area contributed by atoms with Crippen LogP contribution < -0.4 is 0 Å². The van der Waals surface area contributed by atoms with Crippen molar-refractivity contribution in [3.8, 4) is 11.8 Å².